The molecule has 6 heteroatoms. The average Bonchev–Trinajstić information content (AvgIpc) is 3.15. The molecule has 0 spiro atoms. The van der Waals surface area contributed by atoms with E-state index in [1.807, 2.05) is 0 Å². The highest BCUT2D eigenvalue weighted by Gasteiger charge is 2.31. The lowest BCUT2D eigenvalue weighted by Gasteiger charge is -2.26. The smallest absolute Gasteiger partial charge is 0.242 e. The summed E-state index contributed by atoms with van der Waals surface area (Å²) in [6.45, 7) is 2.45. The molecule has 2 N–H and O–H groups in total. The third-order valence-corrected chi connectivity index (χ3v) is 3.82. The number of hydrogen-bond donors (Lipinski definition) is 2. The Morgan fingerprint density at radius 1 is 1.57 bits per heavy atom. The number of furan rings is 1. The molecule has 1 fully saturated rings. The maximum absolute atomic E-state index is 12.2. The average molecular weight is 294 g/mol. The van der Waals surface area contributed by atoms with Crippen LogP contribution in [0.25, 0.3) is 0 Å². The summed E-state index contributed by atoms with van der Waals surface area (Å²) in [6, 6.07) is 3.46. The van der Waals surface area contributed by atoms with Crippen molar-refractivity contribution < 1.29 is 19.1 Å². The van der Waals surface area contributed by atoms with Crippen LogP contribution in [0.1, 0.15) is 44.5 Å². The number of aliphatic hydroxyl groups excluding tert-OH is 1. The zero-order valence-corrected chi connectivity index (χ0v) is 12.2. The van der Waals surface area contributed by atoms with Crippen LogP contribution in [-0.4, -0.2) is 41.0 Å². The number of nitrogens with one attached hydrogen (secondary N) is 1. The second-order valence-corrected chi connectivity index (χ2v) is 5.28. The Bertz CT molecular complexity index is 472. The summed E-state index contributed by atoms with van der Waals surface area (Å²) in [4.78, 5) is 25.1. The zero-order valence-electron chi connectivity index (χ0n) is 12.2. The van der Waals surface area contributed by atoms with Crippen molar-refractivity contribution in [3.63, 3.8) is 0 Å². The molecule has 116 valence electrons. The third-order valence-electron chi connectivity index (χ3n) is 3.82. The standard InChI is InChI=1S/C15H22N2O4/c1-2-14(19)16-10-15(20)17-7-3-5-11(17)9-12(18)13-6-4-8-21-13/h4,6,8,11-12,18H,2-3,5,7,9-10H2,1H3,(H,16,19). The van der Waals surface area contributed by atoms with Gasteiger partial charge in [-0.2, -0.15) is 0 Å². The maximum atomic E-state index is 12.2. The van der Waals surface area contributed by atoms with Crippen LogP contribution in [0.2, 0.25) is 0 Å². The number of likely N-dealkylation sites (tertiary alicyclic amines) is 1. The lowest BCUT2D eigenvalue weighted by molar-refractivity contribution is -0.134. The molecule has 1 aromatic heterocycles. The summed E-state index contributed by atoms with van der Waals surface area (Å²) in [7, 11) is 0. The largest absolute Gasteiger partial charge is 0.467 e. The molecule has 0 saturated carbocycles. The second kappa shape index (κ2) is 7.26. The van der Waals surface area contributed by atoms with Crippen LogP contribution in [-0.2, 0) is 9.59 Å². The summed E-state index contributed by atoms with van der Waals surface area (Å²) in [5.41, 5.74) is 0. The molecule has 21 heavy (non-hydrogen) atoms. The Morgan fingerprint density at radius 3 is 3.05 bits per heavy atom. The van der Waals surface area contributed by atoms with E-state index in [4.69, 9.17) is 4.42 Å². The molecule has 2 rings (SSSR count). The van der Waals surface area contributed by atoms with Crippen LogP contribution in [0.3, 0.4) is 0 Å². The van der Waals surface area contributed by atoms with Gasteiger partial charge >= 0.3 is 0 Å². The van der Waals surface area contributed by atoms with Gasteiger partial charge in [-0.3, -0.25) is 9.59 Å². The molecule has 2 amide bonds. The van der Waals surface area contributed by atoms with E-state index in [1.165, 1.54) is 6.26 Å². The molecule has 6 nitrogen and oxygen atoms in total. The van der Waals surface area contributed by atoms with E-state index >= 15 is 0 Å². The molecule has 0 aliphatic carbocycles. The van der Waals surface area contributed by atoms with Gasteiger partial charge < -0.3 is 19.7 Å². The number of nitrogens with zero attached hydrogens (tertiary/aromatic N) is 1. The number of carbonyl (C=O) groups is 2. The fourth-order valence-corrected chi connectivity index (χ4v) is 2.66. The van der Waals surface area contributed by atoms with Crippen molar-refractivity contribution in [3.05, 3.63) is 24.2 Å². The minimum atomic E-state index is -0.705. The van der Waals surface area contributed by atoms with E-state index in [-0.39, 0.29) is 24.4 Å². The molecular formula is C15H22N2O4. The summed E-state index contributed by atoms with van der Waals surface area (Å²) in [5, 5.41) is 12.7. The predicted molar refractivity (Wildman–Crippen MR) is 76.3 cm³/mol. The van der Waals surface area contributed by atoms with Gasteiger partial charge in [0.25, 0.3) is 0 Å². The summed E-state index contributed by atoms with van der Waals surface area (Å²) in [6.07, 6.45) is 3.43. The van der Waals surface area contributed by atoms with Crippen LogP contribution >= 0.6 is 0 Å². The van der Waals surface area contributed by atoms with Gasteiger partial charge in [-0.25, -0.2) is 0 Å². The van der Waals surface area contributed by atoms with Crippen molar-refractivity contribution in [1.82, 2.24) is 10.2 Å². The Balaban J connectivity index is 1.87. The highest BCUT2D eigenvalue weighted by atomic mass is 16.4. The number of hydrogen-bond acceptors (Lipinski definition) is 4. The first-order chi connectivity index (χ1) is 10.1. The van der Waals surface area contributed by atoms with E-state index in [9.17, 15) is 14.7 Å². The van der Waals surface area contributed by atoms with Crippen LogP contribution in [0.5, 0.6) is 0 Å². The molecule has 1 saturated heterocycles. The van der Waals surface area contributed by atoms with E-state index in [0.29, 0.717) is 25.1 Å². The summed E-state index contributed by atoms with van der Waals surface area (Å²) >= 11 is 0. The fraction of sp³-hybridized carbons (Fsp3) is 0.600. The lowest BCUT2D eigenvalue weighted by Crippen LogP contribution is -2.42. The van der Waals surface area contributed by atoms with Crippen molar-refractivity contribution >= 4 is 11.8 Å². The first kappa shape index (κ1) is 15.6. The van der Waals surface area contributed by atoms with Crippen molar-refractivity contribution in [2.45, 2.75) is 44.8 Å². The lowest BCUT2D eigenvalue weighted by atomic mass is 10.1. The summed E-state index contributed by atoms with van der Waals surface area (Å²) in [5.74, 6) is 0.300. The molecule has 1 aliphatic rings. The minimum Gasteiger partial charge on any atom is -0.467 e. The van der Waals surface area contributed by atoms with Gasteiger partial charge in [0.1, 0.15) is 11.9 Å². The number of rotatable bonds is 6. The van der Waals surface area contributed by atoms with Crippen molar-refractivity contribution in [2.24, 2.45) is 0 Å². The first-order valence-corrected chi connectivity index (χ1v) is 7.39. The number of aliphatic hydroxyl groups is 1. The van der Waals surface area contributed by atoms with Gasteiger partial charge in [-0.15, -0.1) is 0 Å². The van der Waals surface area contributed by atoms with Gasteiger partial charge in [0, 0.05) is 25.4 Å². The quantitative estimate of drug-likeness (QED) is 0.826. The maximum Gasteiger partial charge on any atom is 0.242 e. The number of amides is 2. The van der Waals surface area contributed by atoms with Gasteiger partial charge in [-0.05, 0) is 25.0 Å². The predicted octanol–water partition coefficient (Wildman–Crippen LogP) is 1.22. The highest BCUT2D eigenvalue weighted by molar-refractivity contribution is 5.84. The zero-order chi connectivity index (χ0) is 15.2. The summed E-state index contributed by atoms with van der Waals surface area (Å²) < 4.78 is 5.18. The Kier molecular flexibility index (Phi) is 5.38. The van der Waals surface area contributed by atoms with E-state index in [1.54, 1.807) is 24.0 Å². The van der Waals surface area contributed by atoms with E-state index in [2.05, 4.69) is 5.32 Å². The minimum absolute atomic E-state index is 0.00358. The van der Waals surface area contributed by atoms with E-state index < -0.39 is 6.10 Å². The van der Waals surface area contributed by atoms with Gasteiger partial charge in [0.2, 0.25) is 11.8 Å². The van der Waals surface area contributed by atoms with Crippen LogP contribution in [0, 0.1) is 0 Å². The Hall–Kier alpha value is -1.82. The second-order valence-electron chi connectivity index (χ2n) is 5.28. The van der Waals surface area contributed by atoms with Crippen LogP contribution < -0.4 is 5.32 Å². The van der Waals surface area contributed by atoms with Gasteiger partial charge in [0.15, 0.2) is 0 Å². The molecule has 1 aromatic rings. The highest BCUT2D eigenvalue weighted by Crippen LogP contribution is 2.27. The number of carbonyl (C=O) groups excluding carboxylic acids is 2. The van der Waals surface area contributed by atoms with Crippen molar-refractivity contribution in [1.29, 1.82) is 0 Å². The molecule has 0 bridgehead atoms. The molecule has 1 aliphatic heterocycles. The van der Waals surface area contributed by atoms with Crippen molar-refractivity contribution in [2.75, 3.05) is 13.1 Å². The molecule has 0 radical (unpaired) electrons. The third kappa shape index (κ3) is 4.07. The monoisotopic (exact) mass is 294 g/mol. The van der Waals surface area contributed by atoms with Crippen LogP contribution in [0.4, 0.5) is 0 Å². The fourth-order valence-electron chi connectivity index (χ4n) is 2.66. The molecule has 2 atom stereocenters. The molecule has 2 heterocycles. The Morgan fingerprint density at radius 2 is 2.38 bits per heavy atom. The van der Waals surface area contributed by atoms with Gasteiger partial charge in [-0.1, -0.05) is 6.92 Å². The normalized spacial score (nSPS) is 19.5. The molecular weight excluding hydrogens is 272 g/mol. The van der Waals surface area contributed by atoms with E-state index in [0.717, 1.165) is 12.8 Å². The van der Waals surface area contributed by atoms with Crippen molar-refractivity contribution in [3.8, 4) is 0 Å². The topological polar surface area (TPSA) is 82.8 Å². The Labute approximate surface area is 124 Å². The SMILES string of the molecule is CCC(=O)NCC(=O)N1CCCC1CC(O)c1ccco1. The molecule has 0 aromatic carbocycles. The first-order valence-electron chi connectivity index (χ1n) is 7.39. The van der Waals surface area contributed by atoms with Crippen LogP contribution in [0.15, 0.2) is 22.8 Å². The van der Waals surface area contributed by atoms with Gasteiger partial charge in [0.05, 0.1) is 12.8 Å². The molecule has 2 unspecified atom stereocenters.